The summed E-state index contributed by atoms with van der Waals surface area (Å²) in [4.78, 5) is 13.4. The molecule has 0 fully saturated rings. The third kappa shape index (κ3) is 2.25. The van der Waals surface area contributed by atoms with Gasteiger partial charge in [0.15, 0.2) is 0 Å². The van der Waals surface area contributed by atoms with Gasteiger partial charge in [-0.1, -0.05) is 11.6 Å². The maximum Gasteiger partial charge on any atom is 0.311 e. The van der Waals surface area contributed by atoms with Gasteiger partial charge in [0, 0.05) is 19.3 Å². The van der Waals surface area contributed by atoms with E-state index in [1.54, 1.807) is 12.1 Å². The molecule has 0 bridgehead atoms. The molecule has 1 aliphatic heterocycles. The first kappa shape index (κ1) is 13.0. The van der Waals surface area contributed by atoms with Crippen LogP contribution in [-0.4, -0.2) is 31.8 Å². The molecular weight excluding hydrogens is 254 g/mol. The number of carbonyl (C=O) groups is 1. The van der Waals surface area contributed by atoms with Crippen LogP contribution in [0.15, 0.2) is 12.1 Å². The van der Waals surface area contributed by atoms with Crippen molar-refractivity contribution >= 4 is 23.3 Å². The predicted octanol–water partition coefficient (Wildman–Crippen LogP) is 2.75. The molecule has 0 amide bonds. The number of halogens is 1. The van der Waals surface area contributed by atoms with E-state index >= 15 is 0 Å². The highest BCUT2D eigenvalue weighted by molar-refractivity contribution is 6.32. The summed E-state index contributed by atoms with van der Waals surface area (Å²) in [6, 6.07) is 3.54. The van der Waals surface area contributed by atoms with Crippen LogP contribution in [0.4, 0.5) is 5.69 Å². The Balaban J connectivity index is 2.58. The minimum absolute atomic E-state index is 0.490. The smallest absolute Gasteiger partial charge is 0.311 e. The second-order valence-corrected chi connectivity index (χ2v) is 4.91. The molecule has 4 nitrogen and oxygen atoms in total. The van der Waals surface area contributed by atoms with E-state index < -0.39 is 11.9 Å². The van der Waals surface area contributed by atoms with Gasteiger partial charge in [0.25, 0.3) is 0 Å². The van der Waals surface area contributed by atoms with Crippen LogP contribution in [0.25, 0.3) is 0 Å². The van der Waals surface area contributed by atoms with Gasteiger partial charge in [-0.15, -0.1) is 0 Å². The number of nitrogens with zero attached hydrogens (tertiary/aromatic N) is 1. The van der Waals surface area contributed by atoms with E-state index in [2.05, 4.69) is 0 Å². The number of hydrogen-bond donors (Lipinski definition) is 1. The van der Waals surface area contributed by atoms with Crippen molar-refractivity contribution in [2.75, 3.05) is 25.6 Å². The molecule has 1 heterocycles. The van der Waals surface area contributed by atoms with E-state index in [0.29, 0.717) is 17.2 Å². The lowest BCUT2D eigenvalue weighted by Gasteiger charge is -2.21. The molecule has 1 aromatic rings. The number of rotatable bonds is 2. The Morgan fingerprint density at radius 3 is 2.89 bits per heavy atom. The monoisotopic (exact) mass is 269 g/mol. The number of hydrogen-bond acceptors (Lipinski definition) is 3. The summed E-state index contributed by atoms with van der Waals surface area (Å²) >= 11 is 6.11. The molecule has 1 aromatic carbocycles. The first-order valence-electron chi connectivity index (χ1n) is 5.86. The zero-order valence-corrected chi connectivity index (χ0v) is 11.2. The summed E-state index contributed by atoms with van der Waals surface area (Å²) in [7, 11) is 3.48. The molecule has 0 saturated heterocycles. The first-order valence-corrected chi connectivity index (χ1v) is 6.23. The number of methoxy groups -OCH3 is 1. The van der Waals surface area contributed by atoms with Gasteiger partial charge in [-0.05, 0) is 30.5 Å². The molecule has 98 valence electrons. The number of ether oxygens (including phenoxy) is 1. The van der Waals surface area contributed by atoms with Crippen LogP contribution in [0.1, 0.15) is 24.3 Å². The summed E-state index contributed by atoms with van der Waals surface area (Å²) in [5.41, 5.74) is 1.66. The summed E-state index contributed by atoms with van der Waals surface area (Å²) in [5, 5.41) is 9.85. The Bertz CT molecular complexity index is 476. The van der Waals surface area contributed by atoms with Gasteiger partial charge in [0.2, 0.25) is 0 Å². The predicted molar refractivity (Wildman–Crippen MR) is 70.9 cm³/mol. The SMILES string of the molecule is COc1cc2c(cc1Cl)N(C)CCCC2C(=O)O. The highest BCUT2D eigenvalue weighted by Gasteiger charge is 2.28. The topological polar surface area (TPSA) is 49.8 Å². The normalized spacial score (nSPS) is 19.1. The van der Waals surface area contributed by atoms with Crippen molar-refractivity contribution in [2.45, 2.75) is 18.8 Å². The maximum absolute atomic E-state index is 11.4. The molecule has 5 heteroatoms. The van der Waals surface area contributed by atoms with Crippen molar-refractivity contribution < 1.29 is 14.6 Å². The van der Waals surface area contributed by atoms with Crippen molar-refractivity contribution in [3.63, 3.8) is 0 Å². The van der Waals surface area contributed by atoms with Gasteiger partial charge in [0.1, 0.15) is 5.75 Å². The lowest BCUT2D eigenvalue weighted by atomic mass is 9.94. The summed E-state index contributed by atoms with van der Waals surface area (Å²) in [5.74, 6) is -0.760. The van der Waals surface area contributed by atoms with Crippen molar-refractivity contribution in [2.24, 2.45) is 0 Å². The Labute approximate surface area is 111 Å². The van der Waals surface area contributed by atoms with E-state index in [1.165, 1.54) is 7.11 Å². The van der Waals surface area contributed by atoms with Crippen molar-refractivity contribution in [1.82, 2.24) is 0 Å². The maximum atomic E-state index is 11.4. The van der Waals surface area contributed by atoms with Gasteiger partial charge in [-0.25, -0.2) is 0 Å². The highest BCUT2D eigenvalue weighted by atomic mass is 35.5. The number of carboxylic acid groups (broad SMARTS) is 1. The minimum atomic E-state index is -0.795. The Kier molecular flexibility index (Phi) is 3.66. The lowest BCUT2D eigenvalue weighted by Crippen LogP contribution is -2.18. The zero-order valence-electron chi connectivity index (χ0n) is 10.4. The van der Waals surface area contributed by atoms with Crippen LogP contribution < -0.4 is 9.64 Å². The quantitative estimate of drug-likeness (QED) is 0.897. The zero-order chi connectivity index (χ0) is 13.3. The highest BCUT2D eigenvalue weighted by Crippen LogP contribution is 2.40. The molecule has 2 rings (SSSR count). The molecule has 18 heavy (non-hydrogen) atoms. The summed E-state index contributed by atoms with van der Waals surface area (Å²) < 4.78 is 5.17. The largest absolute Gasteiger partial charge is 0.495 e. The number of benzene rings is 1. The second-order valence-electron chi connectivity index (χ2n) is 4.50. The molecular formula is C13H16ClNO3. The van der Waals surface area contributed by atoms with Gasteiger partial charge in [-0.2, -0.15) is 0 Å². The number of aliphatic carboxylic acids is 1. The van der Waals surface area contributed by atoms with Gasteiger partial charge in [0.05, 0.1) is 18.1 Å². The second kappa shape index (κ2) is 5.06. The Hall–Kier alpha value is -1.42. The number of anilines is 1. The molecule has 0 radical (unpaired) electrons. The van der Waals surface area contributed by atoms with E-state index in [-0.39, 0.29) is 0 Å². The average Bonchev–Trinajstić information content (AvgIpc) is 2.48. The van der Waals surface area contributed by atoms with Crippen LogP contribution in [0.3, 0.4) is 0 Å². The van der Waals surface area contributed by atoms with E-state index in [1.807, 2.05) is 11.9 Å². The Morgan fingerprint density at radius 2 is 2.28 bits per heavy atom. The summed E-state index contributed by atoms with van der Waals surface area (Å²) in [6.07, 6.45) is 1.49. The molecule has 0 saturated carbocycles. The van der Waals surface area contributed by atoms with Gasteiger partial charge in [-0.3, -0.25) is 4.79 Å². The third-order valence-electron chi connectivity index (χ3n) is 3.37. The van der Waals surface area contributed by atoms with Crippen LogP contribution in [-0.2, 0) is 4.79 Å². The molecule has 0 spiro atoms. The average molecular weight is 270 g/mol. The van der Waals surface area contributed by atoms with E-state index in [9.17, 15) is 9.90 Å². The van der Waals surface area contributed by atoms with Gasteiger partial charge < -0.3 is 14.7 Å². The lowest BCUT2D eigenvalue weighted by molar-refractivity contribution is -0.138. The van der Waals surface area contributed by atoms with E-state index in [0.717, 1.165) is 24.2 Å². The molecule has 0 aliphatic carbocycles. The molecule has 1 aliphatic rings. The van der Waals surface area contributed by atoms with Crippen molar-refractivity contribution in [3.8, 4) is 5.75 Å². The molecule has 0 aromatic heterocycles. The van der Waals surface area contributed by atoms with Crippen LogP contribution in [0.5, 0.6) is 5.75 Å². The third-order valence-corrected chi connectivity index (χ3v) is 3.67. The first-order chi connectivity index (χ1) is 8.54. The number of carboxylic acids is 1. The fourth-order valence-corrected chi connectivity index (χ4v) is 2.62. The van der Waals surface area contributed by atoms with Crippen LogP contribution in [0, 0.1) is 0 Å². The fourth-order valence-electron chi connectivity index (χ4n) is 2.39. The molecule has 1 atom stereocenters. The van der Waals surface area contributed by atoms with Crippen molar-refractivity contribution in [1.29, 1.82) is 0 Å². The molecule has 1 N–H and O–H groups in total. The van der Waals surface area contributed by atoms with Crippen LogP contribution in [0.2, 0.25) is 5.02 Å². The summed E-state index contributed by atoms with van der Waals surface area (Å²) in [6.45, 7) is 0.833. The number of fused-ring (bicyclic) bond motifs is 1. The van der Waals surface area contributed by atoms with Crippen molar-refractivity contribution in [3.05, 3.63) is 22.7 Å². The fraction of sp³-hybridized carbons (Fsp3) is 0.462. The minimum Gasteiger partial charge on any atom is -0.495 e. The molecule has 1 unspecified atom stereocenters. The van der Waals surface area contributed by atoms with Crippen LogP contribution >= 0.6 is 11.6 Å². The Morgan fingerprint density at radius 1 is 1.56 bits per heavy atom. The standard InChI is InChI=1S/C13H16ClNO3/c1-15-5-3-4-8(13(16)17)9-6-12(18-2)10(14)7-11(9)15/h6-8H,3-5H2,1-2H3,(H,16,17). The van der Waals surface area contributed by atoms with Gasteiger partial charge >= 0.3 is 5.97 Å². The van der Waals surface area contributed by atoms with E-state index in [4.69, 9.17) is 16.3 Å².